The first-order valence-corrected chi connectivity index (χ1v) is 7.21. The minimum Gasteiger partial charge on any atom is -0.284 e. The first kappa shape index (κ1) is 14.9. The van der Waals surface area contributed by atoms with E-state index in [1.165, 1.54) is 0 Å². The Balaban J connectivity index is 1.99. The molecule has 114 valence electrons. The van der Waals surface area contributed by atoms with Gasteiger partial charge in [-0.25, -0.2) is 4.98 Å². The number of H-pyrrole nitrogens is 1. The summed E-state index contributed by atoms with van der Waals surface area (Å²) < 4.78 is 38.5. The summed E-state index contributed by atoms with van der Waals surface area (Å²) in [6.07, 6.45) is -4.61. The number of nitrogens with one attached hydrogen (secondary N) is 1. The maximum atomic E-state index is 12.6. The average Bonchev–Trinajstić information content (AvgIpc) is 3.05. The van der Waals surface area contributed by atoms with Crippen LogP contribution in [0.2, 0.25) is 5.02 Å². The molecule has 0 spiro atoms. The zero-order valence-corrected chi connectivity index (χ0v) is 12.3. The summed E-state index contributed by atoms with van der Waals surface area (Å²) in [5.74, 6) is 0. The number of alkyl halides is 3. The fraction of sp³-hybridized carbons (Fsp3) is 0.0769. The molecule has 1 N–H and O–H groups in total. The summed E-state index contributed by atoms with van der Waals surface area (Å²) in [6.45, 7) is 0. The molecule has 9 heteroatoms. The number of halogens is 4. The number of benzene rings is 1. The van der Waals surface area contributed by atoms with Crippen molar-refractivity contribution in [3.05, 3.63) is 56.8 Å². The number of rotatable bonds is 2. The normalized spacial score (nSPS) is 11.8. The molecule has 0 aliphatic rings. The number of nitrogens with zero attached hydrogens (tertiary/aromatic N) is 2. The van der Waals surface area contributed by atoms with Gasteiger partial charge in [0.25, 0.3) is 5.56 Å². The first-order chi connectivity index (χ1) is 10.3. The molecule has 3 aromatic rings. The van der Waals surface area contributed by atoms with Crippen LogP contribution in [0.1, 0.15) is 5.69 Å². The second-order valence-corrected chi connectivity index (χ2v) is 5.64. The van der Waals surface area contributed by atoms with Gasteiger partial charge in [-0.3, -0.25) is 9.89 Å². The third-order valence-electron chi connectivity index (χ3n) is 2.85. The van der Waals surface area contributed by atoms with Crippen LogP contribution in [0.5, 0.6) is 0 Å². The second-order valence-electron chi connectivity index (χ2n) is 4.36. The molecule has 3 rings (SSSR count). The SMILES string of the molecule is O=c1cc(C(F)(F)F)[nH]n1-c1nc(-c2ccc(Cl)cc2)cs1. The molecule has 2 heterocycles. The van der Waals surface area contributed by atoms with E-state index in [1.807, 2.05) is 5.10 Å². The summed E-state index contributed by atoms with van der Waals surface area (Å²) in [7, 11) is 0. The lowest BCUT2D eigenvalue weighted by molar-refractivity contribution is -0.141. The molecule has 0 unspecified atom stereocenters. The molecule has 22 heavy (non-hydrogen) atoms. The van der Waals surface area contributed by atoms with Crippen molar-refractivity contribution in [2.24, 2.45) is 0 Å². The highest BCUT2D eigenvalue weighted by Crippen LogP contribution is 2.28. The number of aromatic amines is 1. The lowest BCUT2D eigenvalue weighted by Gasteiger charge is -2.01. The van der Waals surface area contributed by atoms with E-state index in [0.717, 1.165) is 21.6 Å². The molecule has 0 saturated heterocycles. The van der Waals surface area contributed by atoms with Crippen LogP contribution in [0.3, 0.4) is 0 Å². The van der Waals surface area contributed by atoms with Gasteiger partial charge in [-0.05, 0) is 12.1 Å². The van der Waals surface area contributed by atoms with Crippen molar-refractivity contribution in [2.45, 2.75) is 6.18 Å². The zero-order chi connectivity index (χ0) is 15.9. The van der Waals surface area contributed by atoms with Crippen molar-refractivity contribution < 1.29 is 13.2 Å². The maximum absolute atomic E-state index is 12.6. The third-order valence-corrected chi connectivity index (χ3v) is 3.93. The second kappa shape index (κ2) is 5.29. The van der Waals surface area contributed by atoms with Crippen molar-refractivity contribution in [1.29, 1.82) is 0 Å². The van der Waals surface area contributed by atoms with Gasteiger partial charge < -0.3 is 0 Å². The molecule has 0 radical (unpaired) electrons. The van der Waals surface area contributed by atoms with Crippen molar-refractivity contribution >= 4 is 22.9 Å². The van der Waals surface area contributed by atoms with Crippen LogP contribution >= 0.6 is 22.9 Å². The van der Waals surface area contributed by atoms with E-state index in [1.54, 1.807) is 29.6 Å². The Bertz CT molecular complexity index is 864. The molecule has 2 aromatic heterocycles. The Hall–Kier alpha value is -2.06. The van der Waals surface area contributed by atoms with E-state index < -0.39 is 17.4 Å². The standard InChI is InChI=1S/C13H7ClF3N3OS/c14-8-3-1-7(2-4-8)9-6-22-12(18-9)20-11(21)5-10(19-20)13(15,16)17/h1-6,19H. The minimum atomic E-state index is -4.61. The fourth-order valence-electron chi connectivity index (χ4n) is 1.80. The number of aromatic nitrogens is 3. The molecular weight excluding hydrogens is 339 g/mol. The quantitative estimate of drug-likeness (QED) is 0.764. The molecule has 0 atom stereocenters. The highest BCUT2D eigenvalue weighted by Gasteiger charge is 2.34. The topological polar surface area (TPSA) is 50.7 Å². The van der Waals surface area contributed by atoms with E-state index in [9.17, 15) is 18.0 Å². The Morgan fingerprint density at radius 3 is 2.50 bits per heavy atom. The zero-order valence-electron chi connectivity index (χ0n) is 10.7. The Morgan fingerprint density at radius 1 is 1.23 bits per heavy atom. The van der Waals surface area contributed by atoms with Crippen LogP contribution in [0.4, 0.5) is 13.2 Å². The molecule has 0 amide bonds. The summed E-state index contributed by atoms with van der Waals surface area (Å²) in [5.41, 5.74) is -0.626. The molecular formula is C13H7ClF3N3OS. The van der Waals surface area contributed by atoms with Crippen molar-refractivity contribution in [2.75, 3.05) is 0 Å². The Morgan fingerprint density at radius 2 is 1.91 bits per heavy atom. The molecule has 4 nitrogen and oxygen atoms in total. The van der Waals surface area contributed by atoms with E-state index >= 15 is 0 Å². The molecule has 0 aliphatic carbocycles. The van der Waals surface area contributed by atoms with E-state index in [0.29, 0.717) is 16.8 Å². The van der Waals surface area contributed by atoms with Gasteiger partial charge >= 0.3 is 6.18 Å². The highest BCUT2D eigenvalue weighted by atomic mass is 35.5. The van der Waals surface area contributed by atoms with Crippen molar-refractivity contribution in [1.82, 2.24) is 14.8 Å². The lowest BCUT2D eigenvalue weighted by Crippen LogP contribution is -2.13. The van der Waals surface area contributed by atoms with Crippen LogP contribution in [0.15, 0.2) is 40.5 Å². The average molecular weight is 346 g/mol. The van der Waals surface area contributed by atoms with E-state index in [2.05, 4.69) is 4.98 Å². The van der Waals surface area contributed by atoms with Gasteiger partial charge in [0.05, 0.1) is 5.69 Å². The van der Waals surface area contributed by atoms with Crippen LogP contribution in [-0.2, 0) is 6.18 Å². The summed E-state index contributed by atoms with van der Waals surface area (Å²) >= 11 is 6.85. The Labute approximate surface area is 130 Å². The van der Waals surface area contributed by atoms with Crippen LogP contribution in [-0.4, -0.2) is 14.8 Å². The van der Waals surface area contributed by atoms with Gasteiger partial charge in [-0.2, -0.15) is 17.9 Å². The molecule has 0 saturated carbocycles. The number of thiazole rings is 1. The van der Waals surface area contributed by atoms with Gasteiger partial charge in [0.2, 0.25) is 5.13 Å². The summed E-state index contributed by atoms with van der Waals surface area (Å²) in [5, 5.41) is 4.36. The van der Waals surface area contributed by atoms with E-state index in [4.69, 9.17) is 11.6 Å². The first-order valence-electron chi connectivity index (χ1n) is 5.96. The summed E-state index contributed by atoms with van der Waals surface area (Å²) in [6, 6.07) is 7.33. The number of hydrogen-bond acceptors (Lipinski definition) is 3. The fourth-order valence-corrected chi connectivity index (χ4v) is 2.73. The van der Waals surface area contributed by atoms with Gasteiger partial charge in [-0.15, -0.1) is 11.3 Å². The monoisotopic (exact) mass is 345 g/mol. The molecule has 0 aliphatic heterocycles. The van der Waals surface area contributed by atoms with Crippen LogP contribution in [0.25, 0.3) is 16.4 Å². The number of hydrogen-bond donors (Lipinski definition) is 1. The summed E-state index contributed by atoms with van der Waals surface area (Å²) in [4.78, 5) is 15.8. The molecule has 0 fully saturated rings. The van der Waals surface area contributed by atoms with E-state index in [-0.39, 0.29) is 5.13 Å². The molecule has 1 aromatic carbocycles. The largest absolute Gasteiger partial charge is 0.432 e. The Kier molecular flexibility index (Phi) is 3.57. The van der Waals surface area contributed by atoms with Crippen molar-refractivity contribution in [3.8, 4) is 16.4 Å². The van der Waals surface area contributed by atoms with Gasteiger partial charge in [-0.1, -0.05) is 23.7 Å². The highest BCUT2D eigenvalue weighted by molar-refractivity contribution is 7.12. The van der Waals surface area contributed by atoms with Crippen LogP contribution < -0.4 is 5.56 Å². The predicted molar refractivity (Wildman–Crippen MR) is 77.5 cm³/mol. The van der Waals surface area contributed by atoms with Crippen molar-refractivity contribution in [3.63, 3.8) is 0 Å². The smallest absolute Gasteiger partial charge is 0.284 e. The third kappa shape index (κ3) is 2.79. The molecule has 0 bridgehead atoms. The predicted octanol–water partition coefficient (Wildman–Crippen LogP) is 3.96. The minimum absolute atomic E-state index is 0.130. The maximum Gasteiger partial charge on any atom is 0.432 e. The lowest BCUT2D eigenvalue weighted by atomic mass is 10.2. The van der Waals surface area contributed by atoms with Crippen LogP contribution in [0, 0.1) is 0 Å². The van der Waals surface area contributed by atoms with Gasteiger partial charge in [0.1, 0.15) is 5.69 Å². The van der Waals surface area contributed by atoms with Gasteiger partial charge in [0, 0.05) is 22.0 Å². The van der Waals surface area contributed by atoms with Gasteiger partial charge in [0.15, 0.2) is 0 Å².